The molecule has 0 atom stereocenters. The second kappa shape index (κ2) is 4.35. The Balaban J connectivity index is 2.20. The summed E-state index contributed by atoms with van der Waals surface area (Å²) >= 11 is 0. The lowest BCUT2D eigenvalue weighted by molar-refractivity contribution is 0.194. The van der Waals surface area contributed by atoms with Gasteiger partial charge in [0.15, 0.2) is 0 Å². The van der Waals surface area contributed by atoms with Gasteiger partial charge in [0.05, 0.1) is 6.07 Å². The number of nitrogens with zero attached hydrogens (tertiary/aromatic N) is 2. The van der Waals surface area contributed by atoms with E-state index in [0.29, 0.717) is 5.92 Å². The molecule has 0 aliphatic carbocycles. The predicted octanol–water partition coefficient (Wildman–Crippen LogP) is 1.63. The molecule has 2 nitrogen and oxygen atoms in total. The minimum Gasteiger partial charge on any atom is -0.304 e. The standard InChI is InChI=1S/C9H16N2/c1-2-11-7-4-9(3-6-10)5-8-11/h9H,2-5,7-8H2,1H3. The highest BCUT2D eigenvalue weighted by atomic mass is 15.1. The Bertz CT molecular complexity index is 140. The van der Waals surface area contributed by atoms with Gasteiger partial charge in [-0.25, -0.2) is 0 Å². The van der Waals surface area contributed by atoms with E-state index in [-0.39, 0.29) is 0 Å². The quantitative estimate of drug-likeness (QED) is 0.601. The smallest absolute Gasteiger partial charge is 0.0624 e. The third-order valence-corrected chi connectivity index (χ3v) is 2.53. The summed E-state index contributed by atoms with van der Waals surface area (Å²) in [4.78, 5) is 2.45. The molecule has 11 heavy (non-hydrogen) atoms. The van der Waals surface area contributed by atoms with Gasteiger partial charge in [-0.15, -0.1) is 0 Å². The van der Waals surface area contributed by atoms with Crippen LogP contribution < -0.4 is 0 Å². The van der Waals surface area contributed by atoms with Crippen molar-refractivity contribution in [2.45, 2.75) is 26.2 Å². The monoisotopic (exact) mass is 152 g/mol. The van der Waals surface area contributed by atoms with Gasteiger partial charge in [-0.3, -0.25) is 0 Å². The Morgan fingerprint density at radius 2 is 2.09 bits per heavy atom. The second-order valence-electron chi connectivity index (χ2n) is 3.24. The van der Waals surface area contributed by atoms with Crippen LogP contribution in [0, 0.1) is 17.2 Å². The van der Waals surface area contributed by atoms with Crippen molar-refractivity contribution in [1.29, 1.82) is 5.26 Å². The van der Waals surface area contributed by atoms with Gasteiger partial charge in [0, 0.05) is 6.42 Å². The molecule has 1 aliphatic rings. The summed E-state index contributed by atoms with van der Waals surface area (Å²) in [6, 6.07) is 2.25. The number of rotatable bonds is 2. The first-order valence-corrected chi connectivity index (χ1v) is 4.46. The van der Waals surface area contributed by atoms with Crippen molar-refractivity contribution in [3.05, 3.63) is 0 Å². The summed E-state index contributed by atoms with van der Waals surface area (Å²) in [6.45, 7) is 5.76. The minimum atomic E-state index is 0.683. The fraction of sp³-hybridized carbons (Fsp3) is 0.889. The average molecular weight is 152 g/mol. The van der Waals surface area contributed by atoms with Crippen molar-refractivity contribution in [2.24, 2.45) is 5.92 Å². The first-order chi connectivity index (χ1) is 5.36. The van der Waals surface area contributed by atoms with E-state index in [0.717, 1.165) is 6.42 Å². The van der Waals surface area contributed by atoms with Gasteiger partial charge < -0.3 is 4.90 Å². The molecule has 0 N–H and O–H groups in total. The first kappa shape index (κ1) is 8.55. The largest absolute Gasteiger partial charge is 0.304 e. The third-order valence-electron chi connectivity index (χ3n) is 2.53. The summed E-state index contributed by atoms with van der Waals surface area (Å²) in [5.74, 6) is 0.683. The predicted molar refractivity (Wildman–Crippen MR) is 45.1 cm³/mol. The van der Waals surface area contributed by atoms with E-state index in [9.17, 15) is 0 Å². The van der Waals surface area contributed by atoms with E-state index in [1.807, 2.05) is 0 Å². The molecule has 0 spiro atoms. The van der Waals surface area contributed by atoms with Crippen LogP contribution >= 0.6 is 0 Å². The summed E-state index contributed by atoms with van der Waals surface area (Å²) in [7, 11) is 0. The fourth-order valence-electron chi connectivity index (χ4n) is 1.64. The summed E-state index contributed by atoms with van der Waals surface area (Å²) < 4.78 is 0. The minimum absolute atomic E-state index is 0.683. The molecule has 2 heteroatoms. The Labute approximate surface area is 68.8 Å². The van der Waals surface area contributed by atoms with E-state index < -0.39 is 0 Å². The molecule has 0 aromatic rings. The van der Waals surface area contributed by atoms with Gasteiger partial charge in [-0.1, -0.05) is 6.92 Å². The van der Waals surface area contributed by atoms with Crippen molar-refractivity contribution < 1.29 is 0 Å². The zero-order chi connectivity index (χ0) is 8.10. The second-order valence-corrected chi connectivity index (χ2v) is 3.24. The molecule has 0 radical (unpaired) electrons. The lowest BCUT2D eigenvalue weighted by Crippen LogP contribution is -2.33. The van der Waals surface area contributed by atoms with Gasteiger partial charge in [0.1, 0.15) is 0 Å². The highest BCUT2D eigenvalue weighted by Gasteiger charge is 2.16. The maximum Gasteiger partial charge on any atom is 0.0624 e. The topological polar surface area (TPSA) is 27.0 Å². The van der Waals surface area contributed by atoms with Crippen molar-refractivity contribution >= 4 is 0 Å². The molecular formula is C9H16N2. The van der Waals surface area contributed by atoms with Crippen LogP contribution in [0.25, 0.3) is 0 Å². The Kier molecular flexibility index (Phi) is 3.38. The Morgan fingerprint density at radius 1 is 1.45 bits per heavy atom. The van der Waals surface area contributed by atoms with Crippen LogP contribution in [0.1, 0.15) is 26.2 Å². The molecule has 1 saturated heterocycles. The first-order valence-electron chi connectivity index (χ1n) is 4.46. The molecule has 1 heterocycles. The molecule has 0 aromatic heterocycles. The van der Waals surface area contributed by atoms with Gasteiger partial charge in [-0.05, 0) is 38.4 Å². The summed E-state index contributed by atoms with van der Waals surface area (Å²) in [5.41, 5.74) is 0. The molecule has 0 amide bonds. The molecule has 62 valence electrons. The zero-order valence-electron chi connectivity index (χ0n) is 7.21. The van der Waals surface area contributed by atoms with E-state index >= 15 is 0 Å². The fourth-order valence-corrected chi connectivity index (χ4v) is 1.64. The summed E-state index contributed by atoms with van der Waals surface area (Å²) in [6.07, 6.45) is 3.21. The summed E-state index contributed by atoms with van der Waals surface area (Å²) in [5, 5.41) is 8.48. The molecular weight excluding hydrogens is 136 g/mol. The van der Waals surface area contributed by atoms with Crippen LogP contribution in [0.15, 0.2) is 0 Å². The maximum absolute atomic E-state index is 8.48. The molecule has 1 rings (SSSR count). The molecule has 1 aliphatic heterocycles. The van der Waals surface area contributed by atoms with Crippen LogP contribution in [0.2, 0.25) is 0 Å². The van der Waals surface area contributed by atoms with Gasteiger partial charge >= 0.3 is 0 Å². The number of hydrogen-bond donors (Lipinski definition) is 0. The molecule has 0 saturated carbocycles. The maximum atomic E-state index is 8.48. The Hall–Kier alpha value is -0.550. The van der Waals surface area contributed by atoms with Crippen LogP contribution in [-0.2, 0) is 0 Å². The van der Waals surface area contributed by atoms with Crippen LogP contribution in [0.5, 0.6) is 0 Å². The van der Waals surface area contributed by atoms with Crippen molar-refractivity contribution in [3.63, 3.8) is 0 Å². The third kappa shape index (κ3) is 2.51. The van der Waals surface area contributed by atoms with Gasteiger partial charge in [-0.2, -0.15) is 5.26 Å². The SMILES string of the molecule is CCN1CCC(CC#N)CC1. The van der Waals surface area contributed by atoms with Gasteiger partial charge in [0.25, 0.3) is 0 Å². The van der Waals surface area contributed by atoms with Crippen LogP contribution in [-0.4, -0.2) is 24.5 Å². The van der Waals surface area contributed by atoms with E-state index in [4.69, 9.17) is 5.26 Å². The van der Waals surface area contributed by atoms with E-state index in [1.165, 1.54) is 32.5 Å². The number of nitriles is 1. The van der Waals surface area contributed by atoms with Crippen molar-refractivity contribution in [2.75, 3.05) is 19.6 Å². The van der Waals surface area contributed by atoms with E-state index in [2.05, 4.69) is 17.9 Å². The normalized spacial score (nSPS) is 21.5. The van der Waals surface area contributed by atoms with Crippen LogP contribution in [0.3, 0.4) is 0 Å². The van der Waals surface area contributed by atoms with Crippen molar-refractivity contribution in [1.82, 2.24) is 4.90 Å². The highest BCUT2D eigenvalue weighted by Crippen LogP contribution is 2.19. The highest BCUT2D eigenvalue weighted by molar-refractivity contribution is 4.80. The number of hydrogen-bond acceptors (Lipinski definition) is 2. The number of piperidine rings is 1. The molecule has 0 aromatic carbocycles. The lowest BCUT2D eigenvalue weighted by atomic mass is 9.94. The van der Waals surface area contributed by atoms with E-state index in [1.54, 1.807) is 0 Å². The molecule has 0 unspecified atom stereocenters. The molecule has 1 fully saturated rings. The number of likely N-dealkylation sites (tertiary alicyclic amines) is 1. The van der Waals surface area contributed by atoms with Crippen molar-refractivity contribution in [3.8, 4) is 6.07 Å². The molecule has 0 bridgehead atoms. The lowest BCUT2D eigenvalue weighted by Gasteiger charge is -2.29. The van der Waals surface area contributed by atoms with Gasteiger partial charge in [0.2, 0.25) is 0 Å². The van der Waals surface area contributed by atoms with Crippen LogP contribution in [0.4, 0.5) is 0 Å². The average Bonchev–Trinajstić information content (AvgIpc) is 2.07. The Morgan fingerprint density at radius 3 is 2.55 bits per heavy atom. The zero-order valence-corrected chi connectivity index (χ0v) is 7.21.